The van der Waals surface area contributed by atoms with Gasteiger partial charge in [0.05, 0.1) is 24.4 Å². The minimum absolute atomic E-state index is 0.0230. The maximum atomic E-state index is 6.21. The van der Waals surface area contributed by atoms with Gasteiger partial charge in [0.2, 0.25) is 0 Å². The molecule has 1 spiro atoms. The molecular weight excluding hydrogens is 264 g/mol. The molecule has 0 N–H and O–H groups in total. The van der Waals surface area contributed by atoms with E-state index in [0.717, 1.165) is 18.4 Å². The quantitative estimate of drug-likeness (QED) is 0.699. The molecule has 0 amide bonds. The van der Waals surface area contributed by atoms with Crippen molar-refractivity contribution in [1.29, 1.82) is 0 Å². The predicted octanol–water partition coefficient (Wildman–Crippen LogP) is 3.80. The molecule has 0 unspecified atom stereocenters. The number of hydrogen-bond donors (Lipinski definition) is 0. The van der Waals surface area contributed by atoms with E-state index in [1.165, 1.54) is 32.1 Å². The zero-order valence-corrected chi connectivity index (χ0v) is 14.4. The lowest BCUT2D eigenvalue weighted by Crippen LogP contribution is -2.51. The molecule has 3 fully saturated rings. The first-order valence-electron chi connectivity index (χ1n) is 8.79. The molecule has 21 heavy (non-hydrogen) atoms. The molecule has 0 aromatic carbocycles. The number of ether oxygens (including phenoxy) is 3. The van der Waals surface area contributed by atoms with Gasteiger partial charge in [0.15, 0.2) is 0 Å². The maximum Gasteiger partial charge on any atom is 0.100 e. The Morgan fingerprint density at radius 1 is 1.33 bits per heavy atom. The van der Waals surface area contributed by atoms with Crippen LogP contribution in [0, 0.1) is 17.8 Å². The monoisotopic (exact) mass is 296 g/mol. The Hall–Kier alpha value is -0.120. The van der Waals surface area contributed by atoms with E-state index in [0.29, 0.717) is 18.1 Å². The fourth-order valence-corrected chi connectivity index (χ4v) is 4.70. The molecule has 3 nitrogen and oxygen atoms in total. The Kier molecular flexibility index (Phi) is 4.13. The highest BCUT2D eigenvalue weighted by atomic mass is 16.6. The first kappa shape index (κ1) is 15.8. The summed E-state index contributed by atoms with van der Waals surface area (Å²) in [6, 6.07) is 0. The average molecular weight is 296 g/mol. The summed E-state index contributed by atoms with van der Waals surface area (Å²) in [5.41, 5.74) is 0.0334. The molecule has 3 heteroatoms. The van der Waals surface area contributed by atoms with Crippen molar-refractivity contribution in [3.63, 3.8) is 0 Å². The van der Waals surface area contributed by atoms with E-state index < -0.39 is 0 Å². The highest BCUT2D eigenvalue weighted by Crippen LogP contribution is 2.60. The van der Waals surface area contributed by atoms with Crippen molar-refractivity contribution < 1.29 is 14.2 Å². The van der Waals surface area contributed by atoms with Gasteiger partial charge in [0, 0.05) is 13.0 Å². The van der Waals surface area contributed by atoms with Gasteiger partial charge in [-0.05, 0) is 44.4 Å². The minimum atomic E-state index is -0.0230. The molecule has 3 aliphatic rings. The van der Waals surface area contributed by atoms with Gasteiger partial charge >= 0.3 is 0 Å². The van der Waals surface area contributed by atoms with Gasteiger partial charge in [0.1, 0.15) is 5.60 Å². The van der Waals surface area contributed by atoms with Crippen molar-refractivity contribution in [3.05, 3.63) is 0 Å². The van der Waals surface area contributed by atoms with Crippen LogP contribution in [-0.4, -0.2) is 37.1 Å². The molecule has 122 valence electrons. The van der Waals surface area contributed by atoms with E-state index in [2.05, 4.69) is 27.7 Å². The lowest BCUT2D eigenvalue weighted by atomic mass is 9.65. The van der Waals surface area contributed by atoms with E-state index in [4.69, 9.17) is 14.2 Å². The van der Waals surface area contributed by atoms with Gasteiger partial charge in [-0.15, -0.1) is 0 Å². The third-order valence-electron chi connectivity index (χ3n) is 6.14. The molecule has 2 heterocycles. The van der Waals surface area contributed by atoms with Crippen molar-refractivity contribution in [1.82, 2.24) is 0 Å². The van der Waals surface area contributed by atoms with E-state index in [9.17, 15) is 0 Å². The van der Waals surface area contributed by atoms with Crippen LogP contribution in [0.15, 0.2) is 0 Å². The van der Waals surface area contributed by atoms with E-state index in [1.54, 1.807) is 0 Å². The number of methoxy groups -OCH3 is 1. The van der Waals surface area contributed by atoms with E-state index in [-0.39, 0.29) is 11.2 Å². The van der Waals surface area contributed by atoms with E-state index >= 15 is 0 Å². The van der Waals surface area contributed by atoms with Crippen LogP contribution in [-0.2, 0) is 14.2 Å². The van der Waals surface area contributed by atoms with Gasteiger partial charge in [-0.2, -0.15) is 0 Å². The molecule has 1 aliphatic carbocycles. The number of rotatable bonds is 6. The summed E-state index contributed by atoms with van der Waals surface area (Å²) in [6.07, 6.45) is 6.71. The molecule has 2 aliphatic heterocycles. The summed E-state index contributed by atoms with van der Waals surface area (Å²) in [5.74, 6) is 1.90. The molecule has 0 aromatic rings. The Balaban J connectivity index is 1.71. The molecular formula is C18H32O3. The predicted molar refractivity (Wildman–Crippen MR) is 83.3 cm³/mol. The summed E-state index contributed by atoms with van der Waals surface area (Å²) in [5, 5.41) is 0. The highest BCUT2D eigenvalue weighted by Gasteiger charge is 2.71. The van der Waals surface area contributed by atoms with Gasteiger partial charge in [-0.3, -0.25) is 0 Å². The molecule has 3 rings (SSSR count). The SMILES string of the molecule is CC[C@H]1C[C@H](OC)[C@H]([C@@]2(C)O[C@@H]2CCC(C)C)[C@@]2(CO2)C1. The van der Waals surface area contributed by atoms with Crippen LogP contribution < -0.4 is 0 Å². The topological polar surface area (TPSA) is 34.3 Å². The number of hydrogen-bond acceptors (Lipinski definition) is 3. The lowest BCUT2D eigenvalue weighted by Gasteiger charge is -2.42. The summed E-state index contributed by atoms with van der Waals surface area (Å²) in [4.78, 5) is 0. The van der Waals surface area contributed by atoms with Crippen molar-refractivity contribution in [2.45, 2.75) is 83.2 Å². The van der Waals surface area contributed by atoms with E-state index in [1.807, 2.05) is 7.11 Å². The molecule has 6 atom stereocenters. The Morgan fingerprint density at radius 2 is 2.05 bits per heavy atom. The summed E-state index contributed by atoms with van der Waals surface area (Å²) in [6.45, 7) is 10.1. The molecule has 0 aromatic heterocycles. The molecule has 1 saturated carbocycles. The fourth-order valence-electron chi connectivity index (χ4n) is 4.70. The van der Waals surface area contributed by atoms with Crippen LogP contribution in [0.5, 0.6) is 0 Å². The van der Waals surface area contributed by atoms with Crippen molar-refractivity contribution in [3.8, 4) is 0 Å². The third kappa shape index (κ3) is 2.77. The van der Waals surface area contributed by atoms with Gasteiger partial charge in [-0.1, -0.05) is 27.2 Å². The van der Waals surface area contributed by atoms with Gasteiger partial charge in [-0.25, -0.2) is 0 Å². The zero-order chi connectivity index (χ0) is 15.3. The molecule has 2 saturated heterocycles. The normalized spacial score (nSPS) is 48.9. The fraction of sp³-hybridized carbons (Fsp3) is 1.00. The van der Waals surface area contributed by atoms with Crippen LogP contribution in [0.4, 0.5) is 0 Å². The standard InChI is InChI=1S/C18H32O3/c1-6-13-9-14(19-5)16(18(10-13)11-20-18)17(4)15(21-17)8-7-12(2)3/h12-16H,6-11H2,1-5H3/t13-,14-,15+,16+,17-,18-/m0/s1. The van der Waals surface area contributed by atoms with Crippen molar-refractivity contribution >= 4 is 0 Å². The second-order valence-electron chi connectivity index (χ2n) is 8.08. The second kappa shape index (κ2) is 5.50. The summed E-state index contributed by atoms with van der Waals surface area (Å²) < 4.78 is 18.1. The summed E-state index contributed by atoms with van der Waals surface area (Å²) in [7, 11) is 1.86. The molecule has 0 radical (unpaired) electrons. The van der Waals surface area contributed by atoms with Crippen molar-refractivity contribution in [2.75, 3.05) is 13.7 Å². The highest BCUT2D eigenvalue weighted by molar-refractivity contribution is 5.18. The third-order valence-corrected chi connectivity index (χ3v) is 6.14. The smallest absolute Gasteiger partial charge is 0.100 e. The minimum Gasteiger partial charge on any atom is -0.381 e. The maximum absolute atomic E-state index is 6.21. The summed E-state index contributed by atoms with van der Waals surface area (Å²) >= 11 is 0. The Labute approximate surface area is 129 Å². The Morgan fingerprint density at radius 3 is 2.57 bits per heavy atom. The van der Waals surface area contributed by atoms with Gasteiger partial charge in [0.25, 0.3) is 0 Å². The number of epoxide rings is 2. The Bertz CT molecular complexity index is 377. The van der Waals surface area contributed by atoms with Crippen LogP contribution in [0.2, 0.25) is 0 Å². The molecule has 0 bridgehead atoms. The first-order chi connectivity index (χ1) is 9.95. The van der Waals surface area contributed by atoms with Crippen LogP contribution in [0.1, 0.15) is 59.8 Å². The largest absolute Gasteiger partial charge is 0.381 e. The van der Waals surface area contributed by atoms with Crippen LogP contribution >= 0.6 is 0 Å². The lowest BCUT2D eigenvalue weighted by molar-refractivity contribution is -0.0670. The van der Waals surface area contributed by atoms with Crippen LogP contribution in [0.25, 0.3) is 0 Å². The average Bonchev–Trinajstić information content (AvgIpc) is 3.35. The zero-order valence-electron chi connectivity index (χ0n) is 14.4. The van der Waals surface area contributed by atoms with Gasteiger partial charge < -0.3 is 14.2 Å². The van der Waals surface area contributed by atoms with Crippen molar-refractivity contribution in [2.24, 2.45) is 17.8 Å². The van der Waals surface area contributed by atoms with Crippen LogP contribution in [0.3, 0.4) is 0 Å². The second-order valence-corrected chi connectivity index (χ2v) is 8.08. The first-order valence-corrected chi connectivity index (χ1v) is 8.79.